The molecule has 0 atom stereocenters. The van der Waals surface area contributed by atoms with Gasteiger partial charge < -0.3 is 10.6 Å². The minimum absolute atomic E-state index is 0.153. The quantitative estimate of drug-likeness (QED) is 0.682. The van der Waals surface area contributed by atoms with Gasteiger partial charge in [0.05, 0.1) is 9.79 Å². The molecule has 0 bridgehead atoms. The number of rotatable bonds is 5. The van der Waals surface area contributed by atoms with Crippen LogP contribution in [0.2, 0.25) is 0 Å². The van der Waals surface area contributed by atoms with E-state index in [2.05, 4.69) is 15.6 Å². The van der Waals surface area contributed by atoms with Crippen molar-refractivity contribution in [3.05, 3.63) is 84.2 Å². The summed E-state index contributed by atoms with van der Waals surface area (Å²) in [5.74, 6) is -1.97. The number of halogens is 2. The molecule has 6 nitrogen and oxygen atoms in total. The molecule has 0 spiro atoms. The first-order chi connectivity index (χ1) is 13.3. The maximum atomic E-state index is 13.3. The van der Waals surface area contributed by atoms with Gasteiger partial charge in [0.25, 0.3) is 0 Å². The highest BCUT2D eigenvalue weighted by molar-refractivity contribution is 7.91. The smallest absolute Gasteiger partial charge is 0.319 e. The van der Waals surface area contributed by atoms with Crippen molar-refractivity contribution >= 4 is 21.6 Å². The third kappa shape index (κ3) is 4.68. The van der Waals surface area contributed by atoms with Crippen molar-refractivity contribution in [2.24, 2.45) is 0 Å². The number of anilines is 1. The average Bonchev–Trinajstić information content (AvgIpc) is 2.67. The average molecular weight is 403 g/mol. The molecule has 2 amide bonds. The molecule has 0 aliphatic heterocycles. The molecule has 0 aliphatic carbocycles. The molecule has 144 valence electrons. The van der Waals surface area contributed by atoms with Crippen LogP contribution in [0.4, 0.5) is 19.3 Å². The number of sulfone groups is 1. The fourth-order valence-corrected chi connectivity index (χ4v) is 3.70. The van der Waals surface area contributed by atoms with Gasteiger partial charge in [-0.2, -0.15) is 0 Å². The van der Waals surface area contributed by atoms with E-state index in [0.717, 1.165) is 17.7 Å². The number of urea groups is 1. The molecule has 1 heterocycles. The van der Waals surface area contributed by atoms with Crippen LogP contribution >= 0.6 is 0 Å². The molecule has 0 radical (unpaired) electrons. The summed E-state index contributed by atoms with van der Waals surface area (Å²) in [4.78, 5) is 15.2. The lowest BCUT2D eigenvalue weighted by Gasteiger charge is -2.09. The molecule has 0 aliphatic rings. The maximum Gasteiger partial charge on any atom is 0.319 e. The van der Waals surface area contributed by atoms with E-state index in [1.54, 1.807) is 24.5 Å². The second-order valence-corrected chi connectivity index (χ2v) is 7.75. The van der Waals surface area contributed by atoms with Crippen LogP contribution in [-0.2, 0) is 16.4 Å². The van der Waals surface area contributed by atoms with Crippen LogP contribution in [0.3, 0.4) is 0 Å². The largest absolute Gasteiger partial charge is 0.334 e. The van der Waals surface area contributed by atoms with Crippen LogP contribution in [-0.4, -0.2) is 19.4 Å². The Labute approximate surface area is 160 Å². The van der Waals surface area contributed by atoms with E-state index >= 15 is 0 Å². The summed E-state index contributed by atoms with van der Waals surface area (Å²) in [5, 5.41) is 5.22. The van der Waals surface area contributed by atoms with E-state index in [1.807, 2.05) is 0 Å². The zero-order valence-corrected chi connectivity index (χ0v) is 15.2. The number of hydrogen-bond acceptors (Lipinski definition) is 4. The van der Waals surface area contributed by atoms with E-state index < -0.39 is 32.4 Å². The minimum Gasteiger partial charge on any atom is -0.334 e. The van der Waals surface area contributed by atoms with Crippen LogP contribution in [0.25, 0.3) is 0 Å². The number of amides is 2. The molecule has 2 N–H and O–H groups in total. The highest BCUT2D eigenvalue weighted by Crippen LogP contribution is 2.23. The first-order valence-electron chi connectivity index (χ1n) is 8.09. The zero-order valence-electron chi connectivity index (χ0n) is 14.4. The van der Waals surface area contributed by atoms with E-state index in [0.29, 0.717) is 18.3 Å². The number of nitrogens with one attached hydrogen (secondary N) is 2. The predicted molar refractivity (Wildman–Crippen MR) is 98.3 cm³/mol. The van der Waals surface area contributed by atoms with Crippen molar-refractivity contribution in [1.82, 2.24) is 10.3 Å². The molecule has 3 rings (SSSR count). The van der Waals surface area contributed by atoms with Crippen molar-refractivity contribution in [3.8, 4) is 0 Å². The van der Waals surface area contributed by atoms with Gasteiger partial charge in [-0.25, -0.2) is 22.0 Å². The first kappa shape index (κ1) is 19.4. The standard InChI is InChI=1S/C19H15F2N3O3S/c20-14-9-15(21)11-18(10-14)28(26,27)17-3-1-16(2-4-17)24-19(25)23-12-13-5-7-22-8-6-13/h1-11H,12H2,(H2,23,24,25). The summed E-state index contributed by atoms with van der Waals surface area (Å²) < 4.78 is 51.6. The Morgan fingerprint density at radius 3 is 2.11 bits per heavy atom. The van der Waals surface area contributed by atoms with Gasteiger partial charge in [0.2, 0.25) is 9.84 Å². The van der Waals surface area contributed by atoms with Gasteiger partial charge in [-0.1, -0.05) is 0 Å². The number of carbonyl (C=O) groups excluding carboxylic acids is 1. The van der Waals surface area contributed by atoms with Gasteiger partial charge in [0.1, 0.15) is 11.6 Å². The lowest BCUT2D eigenvalue weighted by Crippen LogP contribution is -2.28. The number of pyridine rings is 1. The Morgan fingerprint density at radius 2 is 1.50 bits per heavy atom. The molecule has 0 unspecified atom stereocenters. The summed E-state index contributed by atoms with van der Waals surface area (Å²) in [6.45, 7) is 0.298. The third-order valence-corrected chi connectivity index (χ3v) is 5.52. The van der Waals surface area contributed by atoms with Crippen molar-refractivity contribution < 1.29 is 22.0 Å². The van der Waals surface area contributed by atoms with Crippen molar-refractivity contribution in [1.29, 1.82) is 0 Å². The molecular formula is C19H15F2N3O3S. The molecule has 9 heteroatoms. The van der Waals surface area contributed by atoms with Crippen LogP contribution in [0.15, 0.2) is 76.8 Å². The molecule has 1 aromatic heterocycles. The summed E-state index contributed by atoms with van der Waals surface area (Å²) in [5.41, 5.74) is 1.23. The predicted octanol–water partition coefficient (Wildman–Crippen LogP) is 3.51. The third-order valence-electron chi connectivity index (χ3n) is 3.77. The number of benzene rings is 2. The molecule has 3 aromatic rings. The van der Waals surface area contributed by atoms with Crippen molar-refractivity contribution in [2.75, 3.05) is 5.32 Å². The van der Waals surface area contributed by atoms with Crippen LogP contribution in [0, 0.1) is 11.6 Å². The van der Waals surface area contributed by atoms with Crippen molar-refractivity contribution in [2.45, 2.75) is 16.3 Å². The Bertz CT molecular complexity index is 1070. The van der Waals surface area contributed by atoms with Gasteiger partial charge in [-0.3, -0.25) is 4.98 Å². The van der Waals surface area contributed by atoms with Gasteiger partial charge in [0.15, 0.2) is 0 Å². The normalized spacial score (nSPS) is 11.1. The summed E-state index contributed by atoms with van der Waals surface area (Å²) in [6.07, 6.45) is 3.22. The Morgan fingerprint density at radius 1 is 0.893 bits per heavy atom. The topological polar surface area (TPSA) is 88.2 Å². The second kappa shape index (κ2) is 8.13. The van der Waals surface area contributed by atoms with Gasteiger partial charge >= 0.3 is 6.03 Å². The Hall–Kier alpha value is -3.33. The maximum absolute atomic E-state index is 13.3. The van der Waals surface area contributed by atoms with E-state index in [1.165, 1.54) is 24.3 Å². The van der Waals surface area contributed by atoms with Gasteiger partial charge in [-0.05, 0) is 54.1 Å². The molecular weight excluding hydrogens is 388 g/mol. The van der Waals surface area contributed by atoms with E-state index in [4.69, 9.17) is 0 Å². The van der Waals surface area contributed by atoms with Gasteiger partial charge in [0, 0.05) is 30.7 Å². The molecule has 0 fully saturated rings. The zero-order chi connectivity index (χ0) is 20.1. The fourth-order valence-electron chi connectivity index (χ4n) is 2.40. The second-order valence-electron chi connectivity index (χ2n) is 5.80. The first-order valence-corrected chi connectivity index (χ1v) is 9.58. The SMILES string of the molecule is O=C(NCc1ccncc1)Nc1ccc(S(=O)(=O)c2cc(F)cc(F)c2)cc1. The van der Waals surface area contributed by atoms with Gasteiger partial charge in [-0.15, -0.1) is 0 Å². The van der Waals surface area contributed by atoms with Crippen molar-refractivity contribution in [3.63, 3.8) is 0 Å². The van der Waals surface area contributed by atoms with Crippen LogP contribution in [0.1, 0.15) is 5.56 Å². The number of aromatic nitrogens is 1. The molecule has 2 aromatic carbocycles. The molecule has 0 saturated heterocycles. The highest BCUT2D eigenvalue weighted by atomic mass is 32.2. The number of hydrogen-bond donors (Lipinski definition) is 2. The summed E-state index contributed by atoms with van der Waals surface area (Å²) >= 11 is 0. The Balaban J connectivity index is 1.68. The van der Waals surface area contributed by atoms with Crippen LogP contribution < -0.4 is 10.6 Å². The number of carbonyl (C=O) groups is 1. The lowest BCUT2D eigenvalue weighted by atomic mass is 10.3. The summed E-state index contributed by atoms with van der Waals surface area (Å²) in [7, 11) is -4.09. The highest BCUT2D eigenvalue weighted by Gasteiger charge is 2.19. The summed E-state index contributed by atoms with van der Waals surface area (Å²) in [6, 6.07) is 10.4. The number of nitrogens with zero attached hydrogens (tertiary/aromatic N) is 1. The Kier molecular flexibility index (Phi) is 5.65. The minimum atomic E-state index is -4.09. The lowest BCUT2D eigenvalue weighted by molar-refractivity contribution is 0.251. The molecule has 28 heavy (non-hydrogen) atoms. The fraction of sp³-hybridized carbons (Fsp3) is 0.0526. The monoisotopic (exact) mass is 403 g/mol. The van der Waals surface area contributed by atoms with Crippen LogP contribution in [0.5, 0.6) is 0 Å². The van der Waals surface area contributed by atoms with E-state index in [9.17, 15) is 22.0 Å². The molecule has 0 saturated carbocycles. The van der Waals surface area contributed by atoms with E-state index in [-0.39, 0.29) is 4.90 Å².